The van der Waals surface area contributed by atoms with E-state index in [-0.39, 0.29) is 5.91 Å². The zero-order chi connectivity index (χ0) is 24.1. The van der Waals surface area contributed by atoms with Crippen molar-refractivity contribution < 1.29 is 9.63 Å². The Morgan fingerprint density at radius 3 is 2.91 bits per heavy atom. The van der Waals surface area contributed by atoms with Gasteiger partial charge in [0.15, 0.2) is 0 Å². The Balaban J connectivity index is 1.31. The first-order valence-electron chi connectivity index (χ1n) is 11.9. The standard InChI is InChI=1S/C25H33BrN6O2/c1-4-34-31-20-6-10-32(11-7-20)9-5-8-27-25(33)23-16(2)22(30-17(23)3)12-18-14-28-24-21(18)13-19(26)15-29-24/h12-13,15,30H,4-11,14H2,1-3H3,(H,27,33)(H,28,29)/b18-12+. The van der Waals surface area contributed by atoms with Crippen LogP contribution in [0, 0.1) is 13.8 Å². The van der Waals surface area contributed by atoms with E-state index in [1.54, 1.807) is 6.20 Å². The van der Waals surface area contributed by atoms with E-state index in [1.165, 1.54) is 0 Å². The van der Waals surface area contributed by atoms with Gasteiger partial charge < -0.3 is 25.4 Å². The highest BCUT2D eigenvalue weighted by molar-refractivity contribution is 9.10. The molecule has 3 N–H and O–H groups in total. The van der Waals surface area contributed by atoms with Gasteiger partial charge in [0.2, 0.25) is 0 Å². The minimum atomic E-state index is -0.0185. The number of piperidine rings is 1. The summed E-state index contributed by atoms with van der Waals surface area (Å²) in [7, 11) is 0. The van der Waals surface area contributed by atoms with Crippen LogP contribution in [0.5, 0.6) is 0 Å². The number of aryl methyl sites for hydroxylation is 1. The van der Waals surface area contributed by atoms with Crippen LogP contribution in [0.3, 0.4) is 0 Å². The predicted octanol–water partition coefficient (Wildman–Crippen LogP) is 4.36. The molecule has 0 aromatic carbocycles. The predicted molar refractivity (Wildman–Crippen MR) is 140 cm³/mol. The van der Waals surface area contributed by atoms with Gasteiger partial charge in [-0.25, -0.2) is 4.98 Å². The van der Waals surface area contributed by atoms with Crippen LogP contribution in [0.4, 0.5) is 5.82 Å². The molecule has 0 atom stereocenters. The van der Waals surface area contributed by atoms with Gasteiger partial charge in [0.25, 0.3) is 5.91 Å². The van der Waals surface area contributed by atoms with Crippen molar-refractivity contribution in [2.75, 3.05) is 44.6 Å². The molecule has 2 aliphatic rings. The van der Waals surface area contributed by atoms with Gasteiger partial charge in [0.05, 0.1) is 11.3 Å². The van der Waals surface area contributed by atoms with Gasteiger partial charge in [-0.05, 0) is 72.9 Å². The van der Waals surface area contributed by atoms with Crippen molar-refractivity contribution in [2.45, 2.75) is 40.0 Å². The van der Waals surface area contributed by atoms with E-state index in [1.807, 2.05) is 20.8 Å². The third kappa shape index (κ3) is 5.70. The van der Waals surface area contributed by atoms with Crippen LogP contribution in [-0.4, -0.2) is 65.8 Å². The van der Waals surface area contributed by atoms with E-state index in [0.29, 0.717) is 19.7 Å². The fourth-order valence-electron chi connectivity index (χ4n) is 4.54. The smallest absolute Gasteiger partial charge is 0.253 e. The Bertz CT molecular complexity index is 1100. The molecule has 2 aromatic rings. The molecule has 1 fully saturated rings. The number of halogens is 1. The molecule has 0 unspecified atom stereocenters. The van der Waals surface area contributed by atoms with Crippen LogP contribution < -0.4 is 10.6 Å². The molecule has 0 spiro atoms. The first-order chi connectivity index (χ1) is 16.5. The number of rotatable bonds is 8. The van der Waals surface area contributed by atoms with E-state index in [9.17, 15) is 4.79 Å². The maximum absolute atomic E-state index is 13.0. The molecule has 9 heteroatoms. The number of nitrogens with zero attached hydrogens (tertiary/aromatic N) is 3. The van der Waals surface area contributed by atoms with Crippen LogP contribution in [0.25, 0.3) is 11.6 Å². The SMILES string of the molecule is CCON=C1CCN(CCCNC(=O)c2c(C)[nH]c(/C=C3\CNc4ncc(Br)cc43)c2C)CC1. The summed E-state index contributed by atoms with van der Waals surface area (Å²) in [4.78, 5) is 28.4. The van der Waals surface area contributed by atoms with E-state index in [0.717, 1.165) is 88.6 Å². The second kappa shape index (κ2) is 11.2. The van der Waals surface area contributed by atoms with Gasteiger partial charge in [0, 0.05) is 66.6 Å². The number of nitrogens with one attached hydrogen (secondary N) is 3. The molecule has 2 aliphatic heterocycles. The fourth-order valence-corrected chi connectivity index (χ4v) is 4.87. The molecule has 4 heterocycles. The summed E-state index contributed by atoms with van der Waals surface area (Å²) in [6.45, 7) is 10.9. The van der Waals surface area contributed by atoms with Crippen molar-refractivity contribution in [1.82, 2.24) is 20.2 Å². The number of hydrogen-bond acceptors (Lipinski definition) is 6. The molecule has 8 nitrogen and oxygen atoms in total. The van der Waals surface area contributed by atoms with Crippen molar-refractivity contribution in [3.05, 3.63) is 44.8 Å². The second-order valence-corrected chi connectivity index (χ2v) is 9.68. The van der Waals surface area contributed by atoms with Crippen molar-refractivity contribution in [3.8, 4) is 0 Å². The highest BCUT2D eigenvalue weighted by Crippen LogP contribution is 2.33. The van der Waals surface area contributed by atoms with Crippen LogP contribution in [0.2, 0.25) is 0 Å². The number of aromatic amines is 1. The Labute approximate surface area is 209 Å². The van der Waals surface area contributed by atoms with Crippen LogP contribution in [0.1, 0.15) is 59.1 Å². The molecular weight excluding hydrogens is 496 g/mol. The number of likely N-dealkylation sites (tertiary alicyclic amines) is 1. The molecule has 1 amide bonds. The molecule has 34 heavy (non-hydrogen) atoms. The first kappa shape index (κ1) is 24.5. The molecule has 0 radical (unpaired) electrons. The zero-order valence-electron chi connectivity index (χ0n) is 20.1. The van der Waals surface area contributed by atoms with Gasteiger partial charge in [0.1, 0.15) is 12.4 Å². The number of carbonyl (C=O) groups excluding carboxylic acids is 1. The van der Waals surface area contributed by atoms with E-state index in [2.05, 4.69) is 58.7 Å². The summed E-state index contributed by atoms with van der Waals surface area (Å²) in [5.41, 5.74) is 6.94. The maximum atomic E-state index is 13.0. The van der Waals surface area contributed by atoms with Gasteiger partial charge >= 0.3 is 0 Å². The number of H-pyrrole nitrogens is 1. The highest BCUT2D eigenvalue weighted by atomic mass is 79.9. The number of hydrogen-bond donors (Lipinski definition) is 3. The summed E-state index contributed by atoms with van der Waals surface area (Å²) in [6, 6.07) is 2.07. The second-order valence-electron chi connectivity index (χ2n) is 8.76. The van der Waals surface area contributed by atoms with E-state index >= 15 is 0 Å². The lowest BCUT2D eigenvalue weighted by Gasteiger charge is -2.27. The van der Waals surface area contributed by atoms with Gasteiger partial charge in [-0.3, -0.25) is 4.79 Å². The van der Waals surface area contributed by atoms with Gasteiger partial charge in [-0.2, -0.15) is 0 Å². The Morgan fingerprint density at radius 2 is 2.15 bits per heavy atom. The van der Waals surface area contributed by atoms with Crippen LogP contribution in [0.15, 0.2) is 21.9 Å². The van der Waals surface area contributed by atoms with E-state index in [4.69, 9.17) is 4.84 Å². The Hall–Kier alpha value is -2.65. The average molecular weight is 529 g/mol. The fraction of sp³-hybridized carbons (Fsp3) is 0.480. The number of fused-ring (bicyclic) bond motifs is 1. The minimum absolute atomic E-state index is 0.0185. The number of carbonyl (C=O) groups is 1. The Morgan fingerprint density at radius 1 is 1.35 bits per heavy atom. The summed E-state index contributed by atoms with van der Waals surface area (Å²) >= 11 is 3.50. The van der Waals surface area contributed by atoms with Gasteiger partial charge in [-0.15, -0.1) is 0 Å². The monoisotopic (exact) mass is 528 g/mol. The normalized spacial score (nSPS) is 16.9. The minimum Gasteiger partial charge on any atom is -0.396 e. The average Bonchev–Trinajstić information content (AvgIpc) is 3.35. The zero-order valence-corrected chi connectivity index (χ0v) is 21.7. The quantitative estimate of drug-likeness (QED) is 0.349. The lowest BCUT2D eigenvalue weighted by atomic mass is 10.1. The number of amides is 1. The molecule has 0 saturated carbocycles. The first-order valence-corrected chi connectivity index (χ1v) is 12.7. The summed E-state index contributed by atoms with van der Waals surface area (Å²) in [6.07, 6.45) is 6.75. The number of pyridine rings is 1. The molecule has 1 saturated heterocycles. The Kier molecular flexibility index (Phi) is 8.05. The van der Waals surface area contributed by atoms with Crippen molar-refractivity contribution in [3.63, 3.8) is 0 Å². The maximum Gasteiger partial charge on any atom is 0.253 e. The molecule has 0 bridgehead atoms. The third-order valence-corrected chi connectivity index (χ3v) is 6.79. The van der Waals surface area contributed by atoms with Gasteiger partial charge in [-0.1, -0.05) is 5.16 Å². The number of aromatic nitrogens is 2. The van der Waals surface area contributed by atoms with Crippen molar-refractivity contribution in [1.29, 1.82) is 0 Å². The highest BCUT2D eigenvalue weighted by Gasteiger charge is 2.21. The van der Waals surface area contributed by atoms with Crippen molar-refractivity contribution in [2.24, 2.45) is 5.16 Å². The van der Waals surface area contributed by atoms with Crippen LogP contribution >= 0.6 is 15.9 Å². The molecule has 0 aliphatic carbocycles. The summed E-state index contributed by atoms with van der Waals surface area (Å²) < 4.78 is 0.948. The largest absolute Gasteiger partial charge is 0.396 e. The molecule has 4 rings (SSSR count). The van der Waals surface area contributed by atoms with E-state index < -0.39 is 0 Å². The lowest BCUT2D eigenvalue weighted by molar-refractivity contribution is 0.0950. The number of oxime groups is 1. The van der Waals surface area contributed by atoms with Crippen molar-refractivity contribution >= 4 is 45.0 Å². The molecule has 2 aromatic heterocycles. The number of anilines is 1. The third-order valence-electron chi connectivity index (χ3n) is 6.36. The molecule has 182 valence electrons. The lowest BCUT2D eigenvalue weighted by Crippen LogP contribution is -2.36. The topological polar surface area (TPSA) is 94.6 Å². The van der Waals surface area contributed by atoms with Crippen LogP contribution in [-0.2, 0) is 4.84 Å². The summed E-state index contributed by atoms with van der Waals surface area (Å²) in [5, 5.41) is 10.6. The molecular formula is C25H33BrN6O2. The summed E-state index contributed by atoms with van der Waals surface area (Å²) in [5.74, 6) is 0.870.